The summed E-state index contributed by atoms with van der Waals surface area (Å²) in [5.74, 6) is 0. The standard InChI is InChI=1S/C10H21NO2/c1-2-6-11-7-9-13-10-5-3-4-8-12-10/h10-11H,2-9H2,1H3. The minimum absolute atomic E-state index is 0.0668. The molecule has 0 aromatic rings. The molecule has 0 amide bonds. The quantitative estimate of drug-likeness (QED) is 0.640. The first kappa shape index (κ1) is 11.0. The van der Waals surface area contributed by atoms with E-state index < -0.39 is 0 Å². The zero-order valence-electron chi connectivity index (χ0n) is 8.55. The van der Waals surface area contributed by atoms with Gasteiger partial charge in [-0.25, -0.2) is 0 Å². The highest BCUT2D eigenvalue weighted by Crippen LogP contribution is 2.12. The van der Waals surface area contributed by atoms with Crippen molar-refractivity contribution in [2.75, 3.05) is 26.3 Å². The van der Waals surface area contributed by atoms with Crippen molar-refractivity contribution in [1.29, 1.82) is 0 Å². The van der Waals surface area contributed by atoms with Crippen molar-refractivity contribution in [3.05, 3.63) is 0 Å². The molecule has 1 atom stereocenters. The van der Waals surface area contributed by atoms with Gasteiger partial charge in [0.1, 0.15) is 0 Å². The summed E-state index contributed by atoms with van der Waals surface area (Å²) in [6.07, 6.45) is 4.74. The Hall–Kier alpha value is -0.120. The molecule has 0 radical (unpaired) electrons. The SMILES string of the molecule is CCCNCCOC1CCCCO1. The molecule has 0 spiro atoms. The summed E-state index contributed by atoms with van der Waals surface area (Å²) in [7, 11) is 0. The van der Waals surface area contributed by atoms with E-state index in [1.54, 1.807) is 0 Å². The molecule has 1 heterocycles. The van der Waals surface area contributed by atoms with E-state index in [0.29, 0.717) is 0 Å². The summed E-state index contributed by atoms with van der Waals surface area (Å²) in [6, 6.07) is 0. The van der Waals surface area contributed by atoms with Crippen molar-refractivity contribution in [3.8, 4) is 0 Å². The maximum Gasteiger partial charge on any atom is 0.157 e. The highest BCUT2D eigenvalue weighted by molar-refractivity contribution is 4.54. The van der Waals surface area contributed by atoms with Crippen LogP contribution in [-0.4, -0.2) is 32.6 Å². The fourth-order valence-corrected chi connectivity index (χ4v) is 1.41. The van der Waals surface area contributed by atoms with E-state index in [-0.39, 0.29) is 6.29 Å². The Kier molecular flexibility index (Phi) is 6.15. The maximum absolute atomic E-state index is 5.54. The molecule has 0 aromatic carbocycles. The average molecular weight is 187 g/mol. The number of hydrogen-bond donors (Lipinski definition) is 1. The Morgan fingerprint density at radius 3 is 3.00 bits per heavy atom. The fraction of sp³-hybridized carbons (Fsp3) is 1.00. The zero-order valence-corrected chi connectivity index (χ0v) is 8.55. The lowest BCUT2D eigenvalue weighted by atomic mass is 10.2. The van der Waals surface area contributed by atoms with Gasteiger partial charge in [-0.05, 0) is 32.2 Å². The normalized spacial score (nSPS) is 23.3. The van der Waals surface area contributed by atoms with E-state index in [2.05, 4.69) is 12.2 Å². The number of nitrogens with one attached hydrogen (secondary N) is 1. The first-order valence-corrected chi connectivity index (χ1v) is 5.37. The molecule has 3 nitrogen and oxygen atoms in total. The summed E-state index contributed by atoms with van der Waals surface area (Å²) >= 11 is 0. The first-order valence-electron chi connectivity index (χ1n) is 5.37. The van der Waals surface area contributed by atoms with E-state index >= 15 is 0 Å². The van der Waals surface area contributed by atoms with E-state index in [0.717, 1.165) is 32.7 Å². The molecule has 1 N–H and O–H groups in total. The average Bonchev–Trinajstić information content (AvgIpc) is 2.19. The predicted octanol–water partition coefficient (Wildman–Crippen LogP) is 1.53. The molecular formula is C10H21NO2. The van der Waals surface area contributed by atoms with Gasteiger partial charge in [0.05, 0.1) is 6.61 Å². The van der Waals surface area contributed by atoms with E-state index in [4.69, 9.17) is 9.47 Å². The molecule has 13 heavy (non-hydrogen) atoms. The maximum atomic E-state index is 5.54. The van der Waals surface area contributed by atoms with E-state index in [1.165, 1.54) is 19.3 Å². The molecule has 1 rings (SSSR count). The lowest BCUT2D eigenvalue weighted by molar-refractivity contribution is -0.161. The van der Waals surface area contributed by atoms with Gasteiger partial charge >= 0.3 is 0 Å². The summed E-state index contributed by atoms with van der Waals surface area (Å²) in [5.41, 5.74) is 0. The van der Waals surface area contributed by atoms with Crippen LogP contribution in [0.1, 0.15) is 32.6 Å². The summed E-state index contributed by atoms with van der Waals surface area (Å²) < 4.78 is 11.0. The third-order valence-corrected chi connectivity index (χ3v) is 2.15. The molecule has 1 aliphatic heterocycles. The smallest absolute Gasteiger partial charge is 0.157 e. The van der Waals surface area contributed by atoms with Crippen molar-refractivity contribution in [2.45, 2.75) is 38.9 Å². The molecule has 78 valence electrons. The molecule has 1 saturated heterocycles. The van der Waals surface area contributed by atoms with Crippen molar-refractivity contribution in [3.63, 3.8) is 0 Å². The Morgan fingerprint density at radius 2 is 2.31 bits per heavy atom. The van der Waals surface area contributed by atoms with Crippen molar-refractivity contribution in [2.24, 2.45) is 0 Å². The zero-order chi connectivity index (χ0) is 9.36. The van der Waals surface area contributed by atoms with Gasteiger partial charge in [0.2, 0.25) is 0 Å². The van der Waals surface area contributed by atoms with E-state index in [9.17, 15) is 0 Å². The van der Waals surface area contributed by atoms with Gasteiger partial charge in [0, 0.05) is 13.2 Å². The molecular weight excluding hydrogens is 166 g/mol. The Balaban J connectivity index is 1.86. The van der Waals surface area contributed by atoms with E-state index in [1.807, 2.05) is 0 Å². The monoisotopic (exact) mass is 187 g/mol. The van der Waals surface area contributed by atoms with Gasteiger partial charge < -0.3 is 14.8 Å². The third-order valence-electron chi connectivity index (χ3n) is 2.15. The van der Waals surface area contributed by atoms with Crippen molar-refractivity contribution in [1.82, 2.24) is 5.32 Å². The lowest BCUT2D eigenvalue weighted by Crippen LogP contribution is -2.27. The fourth-order valence-electron chi connectivity index (χ4n) is 1.41. The third kappa shape index (κ3) is 5.24. The molecule has 1 unspecified atom stereocenters. The van der Waals surface area contributed by atoms with Crippen LogP contribution in [0.4, 0.5) is 0 Å². The summed E-state index contributed by atoms with van der Waals surface area (Å²) in [6.45, 7) is 5.82. The molecule has 1 aliphatic rings. The summed E-state index contributed by atoms with van der Waals surface area (Å²) in [4.78, 5) is 0. The first-order chi connectivity index (χ1) is 6.43. The second-order valence-corrected chi connectivity index (χ2v) is 3.42. The Bertz CT molecular complexity index is 113. The van der Waals surface area contributed by atoms with Gasteiger partial charge in [0.25, 0.3) is 0 Å². The van der Waals surface area contributed by atoms with Crippen LogP contribution in [0.2, 0.25) is 0 Å². The van der Waals surface area contributed by atoms with Crippen LogP contribution in [0.5, 0.6) is 0 Å². The van der Waals surface area contributed by atoms with Gasteiger partial charge in [-0.3, -0.25) is 0 Å². The molecule has 0 aliphatic carbocycles. The van der Waals surface area contributed by atoms with Crippen LogP contribution in [-0.2, 0) is 9.47 Å². The van der Waals surface area contributed by atoms with Gasteiger partial charge in [-0.2, -0.15) is 0 Å². The second kappa shape index (κ2) is 7.30. The number of ether oxygens (including phenoxy) is 2. The van der Waals surface area contributed by atoms with Crippen LogP contribution in [0, 0.1) is 0 Å². The molecule has 0 aromatic heterocycles. The van der Waals surface area contributed by atoms with Crippen molar-refractivity contribution < 1.29 is 9.47 Å². The van der Waals surface area contributed by atoms with Gasteiger partial charge in [-0.15, -0.1) is 0 Å². The molecule has 0 bridgehead atoms. The Labute approximate surface area is 80.8 Å². The largest absolute Gasteiger partial charge is 0.353 e. The topological polar surface area (TPSA) is 30.5 Å². The highest BCUT2D eigenvalue weighted by atomic mass is 16.7. The van der Waals surface area contributed by atoms with Crippen LogP contribution in [0.25, 0.3) is 0 Å². The van der Waals surface area contributed by atoms with Crippen molar-refractivity contribution >= 4 is 0 Å². The van der Waals surface area contributed by atoms with Gasteiger partial charge in [0.15, 0.2) is 6.29 Å². The van der Waals surface area contributed by atoms with Crippen LogP contribution in [0.3, 0.4) is 0 Å². The number of rotatable bonds is 6. The molecule has 1 fully saturated rings. The summed E-state index contributed by atoms with van der Waals surface area (Å²) in [5, 5.41) is 3.29. The predicted molar refractivity (Wildman–Crippen MR) is 52.7 cm³/mol. The minimum atomic E-state index is 0.0668. The molecule has 0 saturated carbocycles. The Morgan fingerprint density at radius 1 is 1.38 bits per heavy atom. The highest BCUT2D eigenvalue weighted by Gasteiger charge is 2.12. The number of hydrogen-bond acceptors (Lipinski definition) is 3. The van der Waals surface area contributed by atoms with Crippen LogP contribution < -0.4 is 5.32 Å². The van der Waals surface area contributed by atoms with Gasteiger partial charge in [-0.1, -0.05) is 6.92 Å². The molecule has 3 heteroatoms. The second-order valence-electron chi connectivity index (χ2n) is 3.42. The lowest BCUT2D eigenvalue weighted by Gasteiger charge is -2.22. The van der Waals surface area contributed by atoms with Crippen LogP contribution in [0.15, 0.2) is 0 Å². The minimum Gasteiger partial charge on any atom is -0.353 e. The van der Waals surface area contributed by atoms with Crippen LogP contribution >= 0.6 is 0 Å².